The first-order valence-electron chi connectivity index (χ1n) is 5.69. The largest absolute Gasteiger partial charge is 0.394 e. The molecule has 4 heteroatoms. The summed E-state index contributed by atoms with van der Waals surface area (Å²) in [5, 5.41) is 9.50. The van der Waals surface area contributed by atoms with Crippen LogP contribution < -0.4 is 0 Å². The number of aliphatic hydroxyl groups excluding tert-OH is 1. The van der Waals surface area contributed by atoms with Gasteiger partial charge in [-0.2, -0.15) is 0 Å². The lowest BCUT2D eigenvalue weighted by Crippen LogP contribution is -2.50. The van der Waals surface area contributed by atoms with Crippen molar-refractivity contribution in [1.29, 1.82) is 0 Å². The number of carbonyl (C=O) groups excluding carboxylic acids is 1. The second kappa shape index (κ2) is 3.76. The monoisotopic (exact) mass is 212 g/mol. The van der Waals surface area contributed by atoms with Gasteiger partial charge in [0, 0.05) is 19.6 Å². The molecule has 0 aromatic carbocycles. The number of aliphatic hydroxyl groups is 1. The van der Waals surface area contributed by atoms with Gasteiger partial charge in [0.2, 0.25) is 5.91 Å². The number of carbonyl (C=O) groups is 1. The van der Waals surface area contributed by atoms with E-state index < -0.39 is 0 Å². The Morgan fingerprint density at radius 2 is 2.27 bits per heavy atom. The van der Waals surface area contributed by atoms with E-state index in [1.54, 1.807) is 19.0 Å². The van der Waals surface area contributed by atoms with E-state index in [9.17, 15) is 9.90 Å². The summed E-state index contributed by atoms with van der Waals surface area (Å²) in [7, 11) is 3.61. The smallest absolute Gasteiger partial charge is 0.239 e. The van der Waals surface area contributed by atoms with Crippen LogP contribution in [0.5, 0.6) is 0 Å². The van der Waals surface area contributed by atoms with Crippen LogP contribution >= 0.6 is 0 Å². The fourth-order valence-electron chi connectivity index (χ4n) is 3.08. The van der Waals surface area contributed by atoms with Gasteiger partial charge in [-0.3, -0.25) is 9.69 Å². The van der Waals surface area contributed by atoms with E-state index in [0.717, 1.165) is 32.2 Å². The summed E-state index contributed by atoms with van der Waals surface area (Å²) >= 11 is 0. The molecule has 2 atom stereocenters. The molecule has 0 aromatic rings. The molecule has 86 valence electrons. The van der Waals surface area contributed by atoms with Crippen molar-refractivity contribution in [2.24, 2.45) is 0 Å². The maximum absolute atomic E-state index is 11.9. The zero-order chi connectivity index (χ0) is 11.1. The van der Waals surface area contributed by atoms with Crippen molar-refractivity contribution >= 4 is 5.91 Å². The van der Waals surface area contributed by atoms with Crippen LogP contribution in [0, 0.1) is 0 Å². The number of amides is 1. The second-order valence-electron chi connectivity index (χ2n) is 4.97. The average molecular weight is 212 g/mol. The molecule has 2 saturated heterocycles. The van der Waals surface area contributed by atoms with Gasteiger partial charge in [0.05, 0.1) is 12.6 Å². The highest BCUT2D eigenvalue weighted by Crippen LogP contribution is 2.42. The predicted molar refractivity (Wildman–Crippen MR) is 57.5 cm³/mol. The molecule has 2 aliphatic rings. The molecule has 0 unspecified atom stereocenters. The highest BCUT2D eigenvalue weighted by molar-refractivity contribution is 5.82. The minimum absolute atomic E-state index is 0.00894. The second-order valence-corrected chi connectivity index (χ2v) is 4.97. The molecule has 0 bridgehead atoms. The molecule has 2 aliphatic heterocycles. The highest BCUT2D eigenvalue weighted by Gasteiger charge is 2.51. The third-order valence-electron chi connectivity index (χ3n) is 3.93. The van der Waals surface area contributed by atoms with Crippen LogP contribution in [0.2, 0.25) is 0 Å². The molecule has 0 spiro atoms. The summed E-state index contributed by atoms with van der Waals surface area (Å²) in [4.78, 5) is 15.8. The van der Waals surface area contributed by atoms with Gasteiger partial charge in [-0.25, -0.2) is 0 Å². The Morgan fingerprint density at radius 1 is 1.53 bits per heavy atom. The van der Waals surface area contributed by atoms with Crippen LogP contribution in [0.1, 0.15) is 25.7 Å². The van der Waals surface area contributed by atoms with Crippen LogP contribution in [0.4, 0.5) is 0 Å². The molecule has 0 aliphatic carbocycles. The van der Waals surface area contributed by atoms with Gasteiger partial charge in [0.1, 0.15) is 0 Å². The van der Waals surface area contributed by atoms with Gasteiger partial charge in [0.25, 0.3) is 0 Å². The van der Waals surface area contributed by atoms with Gasteiger partial charge >= 0.3 is 0 Å². The first-order valence-corrected chi connectivity index (χ1v) is 5.69. The van der Waals surface area contributed by atoms with Gasteiger partial charge in [-0.05, 0) is 32.2 Å². The lowest BCUT2D eigenvalue weighted by atomic mass is 9.95. The number of nitrogens with zero attached hydrogens (tertiary/aromatic N) is 2. The number of rotatable bonds is 2. The Kier molecular flexibility index (Phi) is 2.73. The molecular weight excluding hydrogens is 192 g/mol. The molecule has 0 saturated carbocycles. The van der Waals surface area contributed by atoms with E-state index in [2.05, 4.69) is 4.90 Å². The Hall–Kier alpha value is -0.610. The van der Waals surface area contributed by atoms with Gasteiger partial charge < -0.3 is 10.0 Å². The van der Waals surface area contributed by atoms with E-state index in [-0.39, 0.29) is 24.1 Å². The minimum Gasteiger partial charge on any atom is -0.394 e. The Morgan fingerprint density at radius 3 is 2.87 bits per heavy atom. The van der Waals surface area contributed by atoms with E-state index in [0.29, 0.717) is 0 Å². The van der Waals surface area contributed by atoms with Crippen molar-refractivity contribution in [2.45, 2.75) is 37.3 Å². The molecule has 0 radical (unpaired) electrons. The van der Waals surface area contributed by atoms with E-state index >= 15 is 0 Å². The Labute approximate surface area is 90.9 Å². The SMILES string of the molecule is CN(C)C(=O)[C@@H]1CC[C@@]2(CO)CCCN12. The normalized spacial score (nSPS) is 35.5. The van der Waals surface area contributed by atoms with Crippen molar-refractivity contribution in [2.75, 3.05) is 27.2 Å². The Bertz CT molecular complexity index is 267. The molecular formula is C11H20N2O2. The fourth-order valence-corrected chi connectivity index (χ4v) is 3.08. The zero-order valence-corrected chi connectivity index (χ0v) is 9.57. The molecule has 1 N–H and O–H groups in total. The lowest BCUT2D eigenvalue weighted by molar-refractivity contribution is -0.134. The van der Waals surface area contributed by atoms with Gasteiger partial charge in [-0.15, -0.1) is 0 Å². The maximum atomic E-state index is 11.9. The minimum atomic E-state index is -0.0731. The van der Waals surface area contributed by atoms with Crippen LogP contribution in [0.25, 0.3) is 0 Å². The predicted octanol–water partition coefficient (Wildman–Crippen LogP) is 0.0639. The third-order valence-corrected chi connectivity index (χ3v) is 3.93. The number of hydrogen-bond acceptors (Lipinski definition) is 3. The summed E-state index contributed by atoms with van der Waals surface area (Å²) in [6, 6.07) is 0.00894. The van der Waals surface area contributed by atoms with Gasteiger partial charge in [-0.1, -0.05) is 0 Å². The van der Waals surface area contributed by atoms with Crippen LogP contribution in [-0.2, 0) is 4.79 Å². The fraction of sp³-hybridized carbons (Fsp3) is 0.909. The lowest BCUT2D eigenvalue weighted by Gasteiger charge is -2.33. The third kappa shape index (κ3) is 1.56. The first kappa shape index (κ1) is 10.9. The molecule has 15 heavy (non-hydrogen) atoms. The van der Waals surface area contributed by atoms with E-state index in [4.69, 9.17) is 0 Å². The molecule has 2 fully saturated rings. The molecule has 4 nitrogen and oxygen atoms in total. The number of hydrogen-bond donors (Lipinski definition) is 1. The zero-order valence-electron chi connectivity index (χ0n) is 9.57. The molecule has 2 rings (SSSR count). The summed E-state index contributed by atoms with van der Waals surface area (Å²) in [5.41, 5.74) is -0.0731. The molecule has 1 amide bonds. The summed E-state index contributed by atoms with van der Waals surface area (Å²) < 4.78 is 0. The van der Waals surface area contributed by atoms with E-state index in [1.165, 1.54) is 0 Å². The topological polar surface area (TPSA) is 43.8 Å². The van der Waals surface area contributed by atoms with Crippen molar-refractivity contribution in [1.82, 2.24) is 9.80 Å². The quantitative estimate of drug-likeness (QED) is 0.704. The summed E-state index contributed by atoms with van der Waals surface area (Å²) in [6.07, 6.45) is 4.02. The summed E-state index contributed by atoms with van der Waals surface area (Å²) in [6.45, 7) is 1.16. The highest BCUT2D eigenvalue weighted by atomic mass is 16.3. The maximum Gasteiger partial charge on any atom is 0.239 e. The van der Waals surface area contributed by atoms with Crippen molar-refractivity contribution in [3.05, 3.63) is 0 Å². The number of likely N-dealkylation sites (N-methyl/N-ethyl adjacent to an activating group) is 1. The summed E-state index contributed by atoms with van der Waals surface area (Å²) in [5.74, 6) is 0.187. The van der Waals surface area contributed by atoms with Gasteiger partial charge in [0.15, 0.2) is 0 Å². The van der Waals surface area contributed by atoms with E-state index in [1.807, 2.05) is 0 Å². The van der Waals surface area contributed by atoms with Crippen LogP contribution in [0.3, 0.4) is 0 Å². The van der Waals surface area contributed by atoms with Crippen molar-refractivity contribution < 1.29 is 9.90 Å². The van der Waals surface area contributed by atoms with Crippen LogP contribution in [0.15, 0.2) is 0 Å². The molecule has 2 heterocycles. The first-order chi connectivity index (χ1) is 7.10. The standard InChI is InChI=1S/C11H20N2O2/c1-12(2)10(15)9-4-6-11(8-14)5-3-7-13(9)11/h9,14H,3-8H2,1-2H3/t9-,11+/m0/s1. The van der Waals surface area contributed by atoms with Crippen LogP contribution in [-0.4, -0.2) is 59.6 Å². The van der Waals surface area contributed by atoms with Crippen molar-refractivity contribution in [3.63, 3.8) is 0 Å². The average Bonchev–Trinajstić information content (AvgIpc) is 2.74. The van der Waals surface area contributed by atoms with Crippen molar-refractivity contribution in [3.8, 4) is 0 Å². The molecule has 0 aromatic heterocycles. The number of fused-ring (bicyclic) bond motifs is 1. The Balaban J connectivity index is 2.15.